The third kappa shape index (κ3) is 4.19. The average molecular weight is 410 g/mol. The predicted molar refractivity (Wildman–Crippen MR) is 123 cm³/mol. The van der Waals surface area contributed by atoms with Crippen LogP contribution in [-0.4, -0.2) is 51.7 Å². The van der Waals surface area contributed by atoms with Crippen LogP contribution < -0.4 is 4.74 Å². The maximum atomic E-state index is 5.62. The largest absolute Gasteiger partial charge is 0.480 e. The summed E-state index contributed by atoms with van der Waals surface area (Å²) in [6.07, 6.45) is 3.24. The van der Waals surface area contributed by atoms with E-state index in [2.05, 4.69) is 69.5 Å². The van der Waals surface area contributed by atoms with Crippen molar-refractivity contribution in [2.75, 3.05) is 27.2 Å². The van der Waals surface area contributed by atoms with Gasteiger partial charge in [-0.1, -0.05) is 27.7 Å². The highest BCUT2D eigenvalue weighted by Crippen LogP contribution is 2.33. The summed E-state index contributed by atoms with van der Waals surface area (Å²) in [4.78, 5) is 17.1. The molecule has 1 atom stereocenters. The van der Waals surface area contributed by atoms with E-state index >= 15 is 0 Å². The molecule has 0 bridgehead atoms. The highest BCUT2D eigenvalue weighted by Gasteiger charge is 2.21. The van der Waals surface area contributed by atoms with Crippen LogP contribution in [0, 0.1) is 13.8 Å². The van der Waals surface area contributed by atoms with Crippen molar-refractivity contribution in [3.8, 4) is 17.1 Å². The number of nitrogens with zero attached hydrogens (tertiary/aromatic N) is 5. The number of aromatic nitrogens is 4. The maximum absolute atomic E-state index is 5.62. The molecule has 0 aliphatic carbocycles. The fourth-order valence-corrected chi connectivity index (χ4v) is 3.83. The minimum Gasteiger partial charge on any atom is -0.480 e. The van der Waals surface area contributed by atoms with Crippen LogP contribution in [0.1, 0.15) is 63.0 Å². The van der Waals surface area contributed by atoms with E-state index in [1.807, 2.05) is 6.92 Å². The lowest BCUT2D eigenvalue weighted by Gasteiger charge is -2.24. The zero-order chi connectivity index (χ0) is 22.0. The smallest absolute Gasteiger partial charge is 0.222 e. The number of aryl methyl sites for hydroxylation is 2. The molecular formula is C24H35N5O. The van der Waals surface area contributed by atoms with Gasteiger partial charge in [0.25, 0.3) is 0 Å². The van der Waals surface area contributed by atoms with Crippen molar-refractivity contribution >= 4 is 11.2 Å². The van der Waals surface area contributed by atoms with E-state index in [0.29, 0.717) is 17.8 Å². The molecule has 0 spiro atoms. The molecule has 30 heavy (non-hydrogen) atoms. The SMILES string of the molecule is CCC(CN(C)CC)n1cc(C)c2nc(-c3ccc(C(C)C)nc3OC)c(C)nc21. The van der Waals surface area contributed by atoms with E-state index in [1.54, 1.807) is 7.11 Å². The van der Waals surface area contributed by atoms with Gasteiger partial charge in [-0.2, -0.15) is 0 Å². The molecule has 0 saturated carbocycles. The minimum absolute atomic E-state index is 0.339. The summed E-state index contributed by atoms with van der Waals surface area (Å²) < 4.78 is 7.92. The first-order chi connectivity index (χ1) is 14.3. The van der Waals surface area contributed by atoms with E-state index in [1.165, 1.54) is 0 Å². The molecule has 162 valence electrons. The summed E-state index contributed by atoms with van der Waals surface area (Å²) in [5.74, 6) is 0.942. The quantitative estimate of drug-likeness (QED) is 0.515. The van der Waals surface area contributed by atoms with Crippen molar-refractivity contribution in [3.63, 3.8) is 0 Å². The molecule has 6 nitrogen and oxygen atoms in total. The monoisotopic (exact) mass is 409 g/mol. The molecule has 0 aliphatic rings. The molecule has 0 amide bonds. The molecule has 0 fully saturated rings. The van der Waals surface area contributed by atoms with Crippen molar-refractivity contribution in [3.05, 3.63) is 35.3 Å². The summed E-state index contributed by atoms with van der Waals surface area (Å²) in [6, 6.07) is 4.48. The minimum atomic E-state index is 0.339. The van der Waals surface area contributed by atoms with Gasteiger partial charge in [-0.15, -0.1) is 0 Å². The molecule has 3 aromatic rings. The van der Waals surface area contributed by atoms with E-state index in [0.717, 1.165) is 58.9 Å². The summed E-state index contributed by atoms with van der Waals surface area (Å²) in [6.45, 7) is 14.8. The van der Waals surface area contributed by atoms with E-state index in [-0.39, 0.29) is 0 Å². The van der Waals surface area contributed by atoms with Crippen LogP contribution in [0.15, 0.2) is 18.3 Å². The lowest BCUT2D eigenvalue weighted by molar-refractivity contribution is 0.285. The van der Waals surface area contributed by atoms with Crippen LogP contribution in [0.4, 0.5) is 0 Å². The number of hydrogen-bond acceptors (Lipinski definition) is 5. The van der Waals surface area contributed by atoms with Crippen LogP contribution in [0.3, 0.4) is 0 Å². The average Bonchev–Trinajstić information content (AvgIpc) is 3.05. The van der Waals surface area contributed by atoms with Crippen LogP contribution in [0.5, 0.6) is 5.88 Å². The molecule has 3 rings (SSSR count). The number of ether oxygens (including phenoxy) is 1. The van der Waals surface area contributed by atoms with Crippen LogP contribution in [-0.2, 0) is 0 Å². The third-order valence-electron chi connectivity index (χ3n) is 5.85. The van der Waals surface area contributed by atoms with Gasteiger partial charge < -0.3 is 14.2 Å². The van der Waals surface area contributed by atoms with Crippen molar-refractivity contribution < 1.29 is 4.74 Å². The lowest BCUT2D eigenvalue weighted by Crippen LogP contribution is -2.27. The van der Waals surface area contributed by atoms with Crippen molar-refractivity contribution in [2.24, 2.45) is 0 Å². The Balaban J connectivity index is 2.13. The molecule has 3 heterocycles. The fourth-order valence-electron chi connectivity index (χ4n) is 3.83. The van der Waals surface area contributed by atoms with Crippen molar-refractivity contribution in [1.82, 2.24) is 24.4 Å². The Hall–Kier alpha value is -2.47. The summed E-state index contributed by atoms with van der Waals surface area (Å²) in [7, 11) is 3.82. The summed E-state index contributed by atoms with van der Waals surface area (Å²) in [5.41, 5.74) is 6.66. The van der Waals surface area contributed by atoms with Crippen LogP contribution in [0.2, 0.25) is 0 Å². The Morgan fingerprint density at radius 1 is 1.10 bits per heavy atom. The maximum Gasteiger partial charge on any atom is 0.222 e. The van der Waals surface area contributed by atoms with Crippen LogP contribution in [0.25, 0.3) is 22.4 Å². The van der Waals surface area contributed by atoms with Crippen molar-refractivity contribution in [2.45, 2.75) is 59.9 Å². The van der Waals surface area contributed by atoms with Gasteiger partial charge in [-0.25, -0.2) is 15.0 Å². The molecular weight excluding hydrogens is 374 g/mol. The zero-order valence-electron chi connectivity index (χ0n) is 19.7. The van der Waals surface area contributed by atoms with Gasteiger partial charge in [0.15, 0.2) is 5.65 Å². The highest BCUT2D eigenvalue weighted by atomic mass is 16.5. The summed E-state index contributed by atoms with van der Waals surface area (Å²) in [5, 5.41) is 0. The van der Waals surface area contributed by atoms with Gasteiger partial charge in [-0.3, -0.25) is 0 Å². The Morgan fingerprint density at radius 3 is 2.43 bits per heavy atom. The summed E-state index contributed by atoms with van der Waals surface area (Å²) >= 11 is 0. The van der Waals surface area contributed by atoms with Gasteiger partial charge in [0.2, 0.25) is 5.88 Å². The Labute approximate surface area is 180 Å². The van der Waals surface area contributed by atoms with Gasteiger partial charge in [0.05, 0.1) is 24.1 Å². The first kappa shape index (κ1) is 22.2. The van der Waals surface area contributed by atoms with E-state index < -0.39 is 0 Å². The second-order valence-corrected chi connectivity index (χ2v) is 8.41. The van der Waals surface area contributed by atoms with E-state index in [4.69, 9.17) is 19.7 Å². The number of hydrogen-bond donors (Lipinski definition) is 0. The highest BCUT2D eigenvalue weighted by molar-refractivity contribution is 5.81. The van der Waals surface area contributed by atoms with Gasteiger partial charge >= 0.3 is 0 Å². The second kappa shape index (κ2) is 9.13. The number of fused-ring (bicyclic) bond motifs is 1. The van der Waals surface area contributed by atoms with Gasteiger partial charge in [0, 0.05) is 24.5 Å². The number of methoxy groups -OCH3 is 1. The topological polar surface area (TPSA) is 56.1 Å². The standard InChI is InChI=1S/C24H35N5O/c1-9-18(14-28(7)10-2)29-13-16(5)21-23(29)25-17(6)22(27-21)19-11-12-20(15(3)4)26-24(19)30-8/h11-13,15,18H,9-10,14H2,1-8H3. The fraction of sp³-hybridized carbons (Fsp3) is 0.542. The molecule has 0 saturated heterocycles. The lowest BCUT2D eigenvalue weighted by atomic mass is 10.1. The molecule has 1 unspecified atom stereocenters. The van der Waals surface area contributed by atoms with Crippen molar-refractivity contribution in [1.29, 1.82) is 0 Å². The van der Waals surface area contributed by atoms with Gasteiger partial charge in [0.1, 0.15) is 5.52 Å². The number of likely N-dealkylation sites (N-methyl/N-ethyl adjacent to an activating group) is 1. The Kier molecular flexibility index (Phi) is 6.76. The van der Waals surface area contributed by atoms with Gasteiger partial charge in [-0.05, 0) is 57.5 Å². The molecule has 0 aromatic carbocycles. The first-order valence-corrected chi connectivity index (χ1v) is 10.9. The molecule has 0 N–H and O–H groups in total. The predicted octanol–water partition coefficient (Wildman–Crippen LogP) is 5.14. The normalized spacial score (nSPS) is 12.9. The van der Waals surface area contributed by atoms with Crippen LogP contribution >= 0.6 is 0 Å². The molecule has 6 heteroatoms. The molecule has 0 radical (unpaired) electrons. The first-order valence-electron chi connectivity index (χ1n) is 10.9. The van der Waals surface area contributed by atoms with E-state index in [9.17, 15) is 0 Å². The zero-order valence-corrected chi connectivity index (χ0v) is 19.7. The Bertz CT molecular complexity index is 1020. The number of rotatable bonds is 8. The second-order valence-electron chi connectivity index (χ2n) is 8.41. The third-order valence-corrected chi connectivity index (χ3v) is 5.85. The molecule has 0 aliphatic heterocycles. The Morgan fingerprint density at radius 2 is 1.83 bits per heavy atom. The number of pyridine rings is 1. The molecule has 3 aromatic heterocycles.